The van der Waals surface area contributed by atoms with E-state index in [2.05, 4.69) is 72.0 Å². The Morgan fingerprint density at radius 3 is 2.22 bits per heavy atom. The molecule has 17 heteroatoms. The van der Waals surface area contributed by atoms with Crippen molar-refractivity contribution in [1.29, 1.82) is 0 Å². The normalized spacial score (nSPS) is 20.6. The number of aromatic nitrogens is 9. The second-order valence-corrected chi connectivity index (χ2v) is 17.9. The minimum atomic E-state index is -0.473. The number of nitrogens with one attached hydrogen (secondary N) is 1. The van der Waals surface area contributed by atoms with Gasteiger partial charge in [-0.15, -0.1) is 5.10 Å². The summed E-state index contributed by atoms with van der Waals surface area (Å²) >= 11 is 0. The quantitative estimate of drug-likeness (QED) is 0.0942. The van der Waals surface area contributed by atoms with E-state index in [-0.39, 0.29) is 35.7 Å². The van der Waals surface area contributed by atoms with Gasteiger partial charge < -0.3 is 38.8 Å². The van der Waals surface area contributed by atoms with Crippen molar-refractivity contribution < 1.29 is 38.2 Å². The van der Waals surface area contributed by atoms with Gasteiger partial charge in [0.2, 0.25) is 0 Å². The number of hydrogen-bond acceptors (Lipinski definition) is 14. The molecule has 328 valence electrons. The summed E-state index contributed by atoms with van der Waals surface area (Å²) in [5.41, 5.74) is 4.45. The fourth-order valence-corrected chi connectivity index (χ4v) is 7.06. The molecule has 2 aliphatic carbocycles. The van der Waals surface area contributed by atoms with Gasteiger partial charge in [0, 0.05) is 53.5 Å². The molecule has 4 fully saturated rings. The highest BCUT2D eigenvalue weighted by Gasteiger charge is 2.49. The van der Waals surface area contributed by atoms with Gasteiger partial charge in [0.15, 0.2) is 42.8 Å². The first-order valence-electron chi connectivity index (χ1n) is 21.5. The third kappa shape index (κ3) is 11.1. The van der Waals surface area contributed by atoms with Crippen molar-refractivity contribution in [3.63, 3.8) is 0 Å². The van der Waals surface area contributed by atoms with Crippen LogP contribution in [0.4, 0.5) is 0 Å². The topological polar surface area (TPSA) is 179 Å². The SMILES string of the molecule is CC1(C)COC(Cn2cc(-c3ncc(C#CCNCc4ccccn4)cc3OC3CC3n3nc(-c4ncc(C#CCO)cc4OC4CC4)c[n+]3CC3OCC(C)(C)CO3)nn2)OC1. The number of aliphatic hydroxyl groups is 1. The molecule has 2 saturated heterocycles. The minimum absolute atomic E-state index is 0.0429. The number of nitrogens with zero attached hydrogens (tertiary/aromatic N) is 9. The van der Waals surface area contributed by atoms with Crippen LogP contribution in [0.1, 0.15) is 69.8 Å². The van der Waals surface area contributed by atoms with E-state index in [1.54, 1.807) is 23.3 Å². The van der Waals surface area contributed by atoms with Gasteiger partial charge in [0.1, 0.15) is 29.8 Å². The van der Waals surface area contributed by atoms with Crippen molar-refractivity contribution in [3.05, 3.63) is 78.1 Å². The van der Waals surface area contributed by atoms with Gasteiger partial charge >= 0.3 is 0 Å². The Balaban J connectivity index is 0.981. The molecule has 2 aliphatic heterocycles. The lowest BCUT2D eigenvalue weighted by Gasteiger charge is -2.34. The summed E-state index contributed by atoms with van der Waals surface area (Å²) in [6, 6.07) is 9.44. The molecule has 4 aliphatic rings. The number of ether oxygens (including phenoxy) is 6. The molecule has 5 aromatic rings. The van der Waals surface area contributed by atoms with Crippen molar-refractivity contribution >= 4 is 0 Å². The predicted molar refractivity (Wildman–Crippen MR) is 226 cm³/mol. The molecule has 5 aromatic heterocycles. The third-order valence-electron chi connectivity index (χ3n) is 10.7. The Hall–Kier alpha value is -5.79. The van der Waals surface area contributed by atoms with E-state index in [0.717, 1.165) is 18.5 Å². The van der Waals surface area contributed by atoms with Crippen molar-refractivity contribution in [2.75, 3.05) is 39.6 Å². The summed E-state index contributed by atoms with van der Waals surface area (Å²) in [6.45, 7) is 12.4. The molecule has 2 saturated carbocycles. The van der Waals surface area contributed by atoms with E-state index in [4.69, 9.17) is 43.5 Å². The summed E-state index contributed by atoms with van der Waals surface area (Å²) in [5.74, 6) is 13.2. The Morgan fingerprint density at radius 1 is 0.857 bits per heavy atom. The molecule has 2 N–H and O–H groups in total. The molecule has 17 nitrogen and oxygen atoms in total. The Labute approximate surface area is 366 Å². The van der Waals surface area contributed by atoms with E-state index in [0.29, 0.717) is 104 Å². The maximum Gasteiger partial charge on any atom is 0.270 e. The third-order valence-corrected chi connectivity index (χ3v) is 10.7. The summed E-state index contributed by atoms with van der Waals surface area (Å²) in [6.07, 6.45) is 10.5. The molecule has 2 atom stereocenters. The van der Waals surface area contributed by atoms with E-state index < -0.39 is 12.6 Å². The smallest absolute Gasteiger partial charge is 0.270 e. The predicted octanol–water partition coefficient (Wildman–Crippen LogP) is 3.50. The van der Waals surface area contributed by atoms with Crippen LogP contribution in [0.25, 0.3) is 22.8 Å². The van der Waals surface area contributed by atoms with E-state index >= 15 is 0 Å². The van der Waals surface area contributed by atoms with Crippen molar-refractivity contribution in [1.82, 2.24) is 45.2 Å². The molecule has 0 amide bonds. The highest BCUT2D eigenvalue weighted by molar-refractivity contribution is 5.64. The molecular weight excluding hydrogens is 805 g/mol. The number of hydrogen-bond donors (Lipinski definition) is 2. The maximum atomic E-state index is 9.30. The standard InChI is InChI=1S/C46H53N10O7/c1-45(2)27-58-41(59-28-45)25-54-23-35(51-53-54)43-40(18-31(20-49-43)9-7-14-47-22-33-11-5-6-15-48-33)63-38-19-37(38)56-52-36(24-55(56)26-42-60-29-46(3,4)30-61-42)44-39(62-34-12-13-34)17-32(21-50-44)10-8-16-57/h5-6,11,15,17-18,20-21,23-24,34,37-38,41-42,47,57H,12-14,16,19,22,25-30H2,1-4H3/q+1. The van der Waals surface area contributed by atoms with Crippen LogP contribution in [0.15, 0.2) is 61.3 Å². The molecule has 9 rings (SSSR count). The average Bonchev–Trinajstić information content (AvgIpc) is 4.16. The van der Waals surface area contributed by atoms with Gasteiger partial charge in [-0.3, -0.25) is 4.98 Å². The summed E-state index contributed by atoms with van der Waals surface area (Å²) in [7, 11) is 0. The van der Waals surface area contributed by atoms with E-state index in [1.807, 2.05) is 52.2 Å². The van der Waals surface area contributed by atoms with Gasteiger partial charge in [-0.2, -0.15) is 4.68 Å². The van der Waals surface area contributed by atoms with Crippen LogP contribution in [-0.4, -0.2) is 109 Å². The zero-order chi connectivity index (χ0) is 43.4. The van der Waals surface area contributed by atoms with Crippen LogP contribution < -0.4 is 19.5 Å². The maximum absolute atomic E-state index is 9.30. The zero-order valence-electron chi connectivity index (χ0n) is 36.1. The average molecular weight is 858 g/mol. The van der Waals surface area contributed by atoms with Gasteiger partial charge in [-0.05, 0) is 41.9 Å². The van der Waals surface area contributed by atoms with Crippen LogP contribution in [-0.2, 0) is 38.6 Å². The Kier molecular flexibility index (Phi) is 12.5. The van der Waals surface area contributed by atoms with E-state index in [9.17, 15) is 5.11 Å². The lowest BCUT2D eigenvalue weighted by Crippen LogP contribution is -2.51. The van der Waals surface area contributed by atoms with Gasteiger partial charge in [0.05, 0.1) is 62.6 Å². The Bertz CT molecular complexity index is 2500. The molecule has 63 heavy (non-hydrogen) atoms. The zero-order valence-corrected chi connectivity index (χ0v) is 36.1. The van der Waals surface area contributed by atoms with Crippen LogP contribution in [0, 0.1) is 34.5 Å². The minimum Gasteiger partial charge on any atom is -0.488 e. The summed E-state index contributed by atoms with van der Waals surface area (Å²) in [5, 5.41) is 26.6. The monoisotopic (exact) mass is 857 g/mol. The summed E-state index contributed by atoms with van der Waals surface area (Å²) < 4.78 is 41.2. The second-order valence-electron chi connectivity index (χ2n) is 17.9. The largest absolute Gasteiger partial charge is 0.488 e. The fraction of sp³-hybridized carbons (Fsp3) is 0.500. The molecular formula is C46H53N10O7+. The highest BCUT2D eigenvalue weighted by atomic mass is 16.7. The van der Waals surface area contributed by atoms with Crippen molar-refractivity contribution in [2.45, 2.75) is 97.4 Å². The lowest BCUT2D eigenvalue weighted by atomic mass is 9.96. The highest BCUT2D eigenvalue weighted by Crippen LogP contribution is 2.42. The molecule has 7 heterocycles. The van der Waals surface area contributed by atoms with Gasteiger partial charge in [-0.25, -0.2) is 14.6 Å². The Morgan fingerprint density at radius 2 is 1.54 bits per heavy atom. The van der Waals surface area contributed by atoms with Crippen LogP contribution in [0.3, 0.4) is 0 Å². The summed E-state index contributed by atoms with van der Waals surface area (Å²) in [4.78, 5) is 15.9. The van der Waals surface area contributed by atoms with Gasteiger partial charge in [0.25, 0.3) is 5.69 Å². The molecule has 0 spiro atoms. The van der Waals surface area contributed by atoms with Crippen molar-refractivity contribution in [3.8, 4) is 58.0 Å². The van der Waals surface area contributed by atoms with E-state index in [1.165, 1.54) is 0 Å². The first-order chi connectivity index (χ1) is 30.6. The van der Waals surface area contributed by atoms with Crippen LogP contribution in [0.2, 0.25) is 0 Å². The number of pyridine rings is 3. The van der Waals surface area contributed by atoms with Crippen LogP contribution >= 0.6 is 0 Å². The molecule has 2 unspecified atom stereocenters. The molecule has 0 aromatic carbocycles. The van der Waals surface area contributed by atoms with Crippen LogP contribution in [0.5, 0.6) is 11.5 Å². The number of rotatable bonds is 14. The lowest BCUT2D eigenvalue weighted by molar-refractivity contribution is -0.791. The molecule has 0 bridgehead atoms. The first kappa shape index (κ1) is 42.5. The van der Waals surface area contributed by atoms with Gasteiger partial charge in [-0.1, -0.05) is 62.7 Å². The number of aliphatic hydroxyl groups excluding tert-OH is 1. The fourth-order valence-electron chi connectivity index (χ4n) is 7.06. The molecule has 0 radical (unpaired) electrons. The second kappa shape index (κ2) is 18.5. The first-order valence-corrected chi connectivity index (χ1v) is 21.5. The van der Waals surface area contributed by atoms with Crippen molar-refractivity contribution in [2.24, 2.45) is 10.8 Å².